The van der Waals surface area contributed by atoms with E-state index in [0.717, 1.165) is 5.56 Å². The summed E-state index contributed by atoms with van der Waals surface area (Å²) in [5, 5.41) is 10.1. The van der Waals surface area contributed by atoms with Gasteiger partial charge < -0.3 is 15.6 Å². The standard InChI is InChI=1S/C11H14O3.Al.H2O/c1-11(2,3)9-7-5-4-6-8(9)10(12)14-13;;/h4-7,13H,1-3H3;;1H2/q;+2;/p-2. The Hall–Kier alpha value is -0.858. The predicted molar refractivity (Wildman–Crippen MR) is 58.2 cm³/mol. The van der Waals surface area contributed by atoms with Crippen LogP contribution in [0, 0.1) is 0 Å². The van der Waals surface area contributed by atoms with Crippen molar-refractivity contribution in [3.8, 4) is 0 Å². The molecule has 85 valence electrons. The molecule has 0 aliphatic carbocycles. The third-order valence-corrected chi connectivity index (χ3v) is 2.03. The van der Waals surface area contributed by atoms with Crippen LogP contribution in [0.5, 0.6) is 0 Å². The van der Waals surface area contributed by atoms with Crippen LogP contribution in [0.25, 0.3) is 0 Å². The van der Waals surface area contributed by atoms with Gasteiger partial charge >= 0.3 is 23.3 Å². The molecular formula is C11H14AlO4. The van der Waals surface area contributed by atoms with Crippen molar-refractivity contribution in [1.82, 2.24) is 0 Å². The van der Waals surface area contributed by atoms with Gasteiger partial charge in [0.1, 0.15) is 0 Å². The quantitative estimate of drug-likeness (QED) is 0.412. The van der Waals surface area contributed by atoms with E-state index in [1.165, 1.54) is 0 Å². The van der Waals surface area contributed by atoms with Gasteiger partial charge in [-0.3, -0.25) is 0 Å². The summed E-state index contributed by atoms with van der Waals surface area (Å²) in [6.45, 7) is 5.93. The topological polar surface area (TPSA) is 79.4 Å². The van der Waals surface area contributed by atoms with Gasteiger partial charge in [-0.05, 0) is 17.0 Å². The predicted octanol–water partition coefficient (Wildman–Crippen LogP) is 0.859. The van der Waals surface area contributed by atoms with Gasteiger partial charge in [-0.15, -0.1) is 0 Å². The van der Waals surface area contributed by atoms with Crippen LogP contribution in [0.1, 0.15) is 36.7 Å². The third kappa shape index (κ3) is 3.95. The van der Waals surface area contributed by atoms with Crippen LogP contribution in [-0.4, -0.2) is 28.8 Å². The summed E-state index contributed by atoms with van der Waals surface area (Å²) in [7, 11) is 0. The molecule has 0 aromatic heterocycles. The van der Waals surface area contributed by atoms with E-state index in [1.54, 1.807) is 12.1 Å². The van der Waals surface area contributed by atoms with Crippen LogP contribution in [0.3, 0.4) is 0 Å². The van der Waals surface area contributed by atoms with E-state index < -0.39 is 5.97 Å². The van der Waals surface area contributed by atoms with E-state index >= 15 is 0 Å². The fraction of sp³-hybridized carbons (Fsp3) is 0.364. The Kier molecular flexibility index (Phi) is 7.31. The van der Waals surface area contributed by atoms with Crippen LogP contribution in [0.2, 0.25) is 0 Å². The Bertz CT molecular complexity index is 344. The van der Waals surface area contributed by atoms with Gasteiger partial charge in [0.05, 0.1) is 5.56 Å². The van der Waals surface area contributed by atoms with Crippen molar-refractivity contribution >= 4 is 23.3 Å². The summed E-state index contributed by atoms with van der Waals surface area (Å²) in [6.07, 6.45) is 0. The zero-order valence-electron chi connectivity index (χ0n) is 9.56. The van der Waals surface area contributed by atoms with Gasteiger partial charge in [-0.1, -0.05) is 39.0 Å². The zero-order chi connectivity index (χ0) is 10.8. The molecule has 4 nitrogen and oxygen atoms in total. The molecule has 0 amide bonds. The number of benzene rings is 1. The molecule has 1 aromatic carbocycles. The maximum atomic E-state index is 11.1. The average Bonchev–Trinajstić information content (AvgIpc) is 2.15. The largest absolute Gasteiger partial charge is 2.00 e. The van der Waals surface area contributed by atoms with Crippen molar-refractivity contribution in [2.75, 3.05) is 0 Å². The van der Waals surface area contributed by atoms with Gasteiger partial charge in [-0.2, -0.15) is 0 Å². The summed E-state index contributed by atoms with van der Waals surface area (Å²) in [6, 6.07) is 6.97. The Morgan fingerprint density at radius 2 is 1.75 bits per heavy atom. The summed E-state index contributed by atoms with van der Waals surface area (Å²) < 4.78 is 0. The molecule has 1 aromatic rings. The van der Waals surface area contributed by atoms with Crippen LogP contribution < -0.4 is 5.26 Å². The number of carbonyl (C=O) groups is 1. The minimum absolute atomic E-state index is 0. The van der Waals surface area contributed by atoms with E-state index in [0.29, 0.717) is 5.56 Å². The Labute approximate surface area is 106 Å². The van der Waals surface area contributed by atoms with Gasteiger partial charge in [0.15, 0.2) is 0 Å². The first kappa shape index (κ1) is 17.5. The minimum Gasteiger partial charge on any atom is -0.870 e. The fourth-order valence-corrected chi connectivity index (χ4v) is 1.36. The second kappa shape index (κ2) is 6.67. The Morgan fingerprint density at radius 1 is 1.25 bits per heavy atom. The molecule has 0 atom stereocenters. The molecule has 0 aliphatic rings. The van der Waals surface area contributed by atoms with Crippen molar-refractivity contribution in [2.45, 2.75) is 26.2 Å². The molecule has 0 bridgehead atoms. The molecule has 0 spiro atoms. The van der Waals surface area contributed by atoms with Gasteiger partial charge in [0, 0.05) is 0 Å². The van der Waals surface area contributed by atoms with Crippen LogP contribution >= 0.6 is 0 Å². The van der Waals surface area contributed by atoms with Crippen molar-refractivity contribution in [3.05, 3.63) is 35.4 Å². The van der Waals surface area contributed by atoms with E-state index in [2.05, 4.69) is 4.89 Å². The second-order valence-electron chi connectivity index (χ2n) is 4.17. The molecule has 1 N–H and O–H groups in total. The molecule has 0 unspecified atom stereocenters. The monoisotopic (exact) mass is 237 g/mol. The molecule has 0 fully saturated rings. The molecular weight excluding hydrogens is 223 g/mol. The second-order valence-corrected chi connectivity index (χ2v) is 4.17. The molecule has 16 heavy (non-hydrogen) atoms. The third-order valence-electron chi connectivity index (χ3n) is 2.03. The zero-order valence-corrected chi connectivity index (χ0v) is 10.7. The molecule has 1 rings (SSSR count). The van der Waals surface area contributed by atoms with Gasteiger partial charge in [0.25, 0.3) is 0 Å². The Balaban J connectivity index is 0. The summed E-state index contributed by atoms with van der Waals surface area (Å²) >= 11 is 0. The van der Waals surface area contributed by atoms with Gasteiger partial charge in [-0.25, -0.2) is 4.79 Å². The van der Waals surface area contributed by atoms with E-state index in [1.807, 2.05) is 32.9 Å². The van der Waals surface area contributed by atoms with Gasteiger partial charge in [0.2, 0.25) is 0 Å². The molecule has 0 saturated carbocycles. The van der Waals surface area contributed by atoms with Crippen molar-refractivity contribution in [2.24, 2.45) is 0 Å². The summed E-state index contributed by atoms with van der Waals surface area (Å²) in [4.78, 5) is 14.6. The molecule has 0 heterocycles. The number of hydrogen-bond donors (Lipinski definition) is 0. The van der Waals surface area contributed by atoms with Crippen LogP contribution in [0.4, 0.5) is 0 Å². The fourth-order valence-electron chi connectivity index (χ4n) is 1.36. The first-order chi connectivity index (χ1) is 6.46. The summed E-state index contributed by atoms with van der Waals surface area (Å²) in [5.41, 5.74) is 0.987. The molecule has 0 aliphatic heterocycles. The van der Waals surface area contributed by atoms with Crippen molar-refractivity contribution in [1.29, 1.82) is 0 Å². The number of rotatable bonds is 1. The maximum Gasteiger partial charge on any atom is 2.00 e. The molecule has 5 heteroatoms. The first-order valence-corrected chi connectivity index (χ1v) is 4.40. The van der Waals surface area contributed by atoms with Crippen LogP contribution in [-0.2, 0) is 10.3 Å². The van der Waals surface area contributed by atoms with E-state index in [4.69, 9.17) is 0 Å². The maximum absolute atomic E-state index is 11.1. The van der Waals surface area contributed by atoms with E-state index in [-0.39, 0.29) is 28.3 Å². The number of carbonyl (C=O) groups excluding carboxylic acids is 1. The minimum atomic E-state index is -0.824. The molecule has 1 radical (unpaired) electrons. The summed E-state index contributed by atoms with van der Waals surface area (Å²) in [5.74, 6) is -0.824. The molecule has 0 saturated heterocycles. The number of hydrogen-bond acceptors (Lipinski definition) is 4. The SMILES string of the molecule is CC(C)(C)c1ccccc1C(=O)O[O-].[Al+2].[OH-]. The van der Waals surface area contributed by atoms with Crippen LogP contribution in [0.15, 0.2) is 24.3 Å². The van der Waals surface area contributed by atoms with Crippen molar-refractivity contribution in [3.63, 3.8) is 0 Å². The van der Waals surface area contributed by atoms with Crippen molar-refractivity contribution < 1.29 is 20.4 Å². The van der Waals surface area contributed by atoms with E-state index in [9.17, 15) is 10.1 Å². The first-order valence-electron chi connectivity index (χ1n) is 4.40. The normalized spacial score (nSPS) is 9.75. The smallest absolute Gasteiger partial charge is 0.870 e. The average molecular weight is 237 g/mol. The Morgan fingerprint density at radius 3 is 2.19 bits per heavy atom.